The number of hydrogen-bond donors (Lipinski definition) is 2. The Morgan fingerprint density at radius 3 is 2.76 bits per heavy atom. The molecule has 1 aliphatic heterocycles. The maximum absolute atomic E-state index is 10.9. The zero-order chi connectivity index (χ0) is 12.3. The Morgan fingerprint density at radius 1 is 1.47 bits per heavy atom. The highest BCUT2D eigenvalue weighted by Gasteiger charge is 2.13. The second-order valence-electron chi connectivity index (χ2n) is 4.29. The van der Waals surface area contributed by atoms with Gasteiger partial charge in [-0.25, -0.2) is 10.4 Å². The number of nitrogens with one attached hydrogen (secondary N) is 1. The number of carbonyl (C=O) groups is 1. The minimum atomic E-state index is -0.355. The van der Waals surface area contributed by atoms with Crippen LogP contribution in [-0.2, 0) is 6.54 Å². The van der Waals surface area contributed by atoms with E-state index in [1.165, 1.54) is 0 Å². The Bertz CT molecular complexity index is 385. The van der Waals surface area contributed by atoms with E-state index in [0.29, 0.717) is 5.56 Å². The number of hydrogen-bond acceptors (Lipinski definition) is 5. The predicted octanol–water partition coefficient (Wildman–Crippen LogP) is 0.0990. The number of hydrazine groups is 1. The fourth-order valence-electron chi connectivity index (χ4n) is 1.76. The van der Waals surface area contributed by atoms with Gasteiger partial charge in [0.2, 0.25) is 5.91 Å². The largest absolute Gasteiger partial charge is 0.366 e. The molecule has 1 amide bonds. The first kappa shape index (κ1) is 12.5. The third-order valence-electron chi connectivity index (χ3n) is 2.92. The Balaban J connectivity index is 1.79. The minimum Gasteiger partial charge on any atom is -0.366 e. The molecule has 0 aromatic carbocycles. The minimum absolute atomic E-state index is 0.355. The van der Waals surface area contributed by atoms with E-state index < -0.39 is 0 Å². The first-order valence-corrected chi connectivity index (χ1v) is 6.57. The number of likely N-dealkylation sites (N-methyl/N-ethyl adjacent to an activating group) is 1. The molecule has 6 heteroatoms. The van der Waals surface area contributed by atoms with Crippen molar-refractivity contribution in [2.24, 2.45) is 5.73 Å². The van der Waals surface area contributed by atoms with Crippen LogP contribution < -0.4 is 11.2 Å². The number of primary amides is 1. The van der Waals surface area contributed by atoms with Crippen molar-refractivity contribution in [2.75, 3.05) is 33.2 Å². The number of thiophene rings is 1. The normalized spacial score (nSPS) is 18.4. The summed E-state index contributed by atoms with van der Waals surface area (Å²) in [6.07, 6.45) is 0. The van der Waals surface area contributed by atoms with Gasteiger partial charge in [0.1, 0.15) is 0 Å². The van der Waals surface area contributed by atoms with Gasteiger partial charge in [-0.15, -0.1) is 11.3 Å². The third kappa shape index (κ3) is 3.50. The number of nitrogens with two attached hydrogens (primary N) is 1. The first-order chi connectivity index (χ1) is 8.15. The van der Waals surface area contributed by atoms with E-state index in [1.807, 2.05) is 11.4 Å². The molecule has 94 valence electrons. The van der Waals surface area contributed by atoms with Crippen LogP contribution in [0.5, 0.6) is 0 Å². The van der Waals surface area contributed by atoms with Crippen molar-refractivity contribution >= 4 is 17.2 Å². The van der Waals surface area contributed by atoms with E-state index in [4.69, 9.17) is 5.73 Å². The summed E-state index contributed by atoms with van der Waals surface area (Å²) in [5.41, 5.74) is 9.19. The highest BCUT2D eigenvalue weighted by Crippen LogP contribution is 2.14. The molecule has 0 bridgehead atoms. The average molecular weight is 254 g/mol. The van der Waals surface area contributed by atoms with Crippen molar-refractivity contribution in [3.8, 4) is 0 Å². The molecule has 0 atom stereocenters. The standard InChI is InChI=1S/C11H18N4OS/c1-14-2-4-15(5-3-14)13-7-10-6-9(8-17-10)11(12)16/h6,8,13H,2-5,7H2,1H3,(H2,12,16). The van der Waals surface area contributed by atoms with E-state index in [0.717, 1.165) is 37.6 Å². The van der Waals surface area contributed by atoms with Crippen molar-refractivity contribution in [3.63, 3.8) is 0 Å². The summed E-state index contributed by atoms with van der Waals surface area (Å²) in [4.78, 5) is 14.4. The summed E-state index contributed by atoms with van der Waals surface area (Å²) in [6, 6.07) is 1.86. The van der Waals surface area contributed by atoms with Crippen LogP contribution in [0.15, 0.2) is 11.4 Å². The lowest BCUT2D eigenvalue weighted by Crippen LogP contribution is -2.50. The molecule has 1 aromatic heterocycles. The molecule has 0 aliphatic carbocycles. The molecule has 1 aromatic rings. The van der Waals surface area contributed by atoms with Crippen molar-refractivity contribution in [3.05, 3.63) is 21.9 Å². The van der Waals surface area contributed by atoms with Crippen LogP contribution in [0.3, 0.4) is 0 Å². The molecule has 17 heavy (non-hydrogen) atoms. The summed E-state index contributed by atoms with van der Waals surface area (Å²) in [6.45, 7) is 5.00. The third-order valence-corrected chi connectivity index (χ3v) is 3.86. The van der Waals surface area contributed by atoms with Gasteiger partial charge >= 0.3 is 0 Å². The lowest BCUT2D eigenvalue weighted by Gasteiger charge is -2.32. The van der Waals surface area contributed by atoms with Gasteiger partial charge in [0, 0.05) is 43.0 Å². The van der Waals surface area contributed by atoms with Gasteiger partial charge in [0.25, 0.3) is 0 Å². The van der Waals surface area contributed by atoms with Gasteiger partial charge in [-0.1, -0.05) is 0 Å². The molecule has 0 unspecified atom stereocenters. The van der Waals surface area contributed by atoms with E-state index in [9.17, 15) is 4.79 Å². The Hall–Kier alpha value is -0.950. The number of piperazine rings is 1. The second-order valence-corrected chi connectivity index (χ2v) is 5.29. The summed E-state index contributed by atoms with van der Waals surface area (Å²) >= 11 is 1.57. The summed E-state index contributed by atoms with van der Waals surface area (Å²) < 4.78 is 0. The van der Waals surface area contributed by atoms with Gasteiger partial charge in [0.05, 0.1) is 5.56 Å². The highest BCUT2D eigenvalue weighted by atomic mass is 32.1. The maximum atomic E-state index is 10.9. The Labute approximate surface area is 105 Å². The molecule has 0 saturated carbocycles. The molecule has 5 nitrogen and oxygen atoms in total. The maximum Gasteiger partial charge on any atom is 0.249 e. The van der Waals surface area contributed by atoms with Crippen LogP contribution >= 0.6 is 11.3 Å². The molecule has 1 aliphatic rings. The Kier molecular flexibility index (Phi) is 4.11. The van der Waals surface area contributed by atoms with Gasteiger partial charge in [-0.2, -0.15) is 0 Å². The van der Waals surface area contributed by atoms with E-state index >= 15 is 0 Å². The van der Waals surface area contributed by atoms with Crippen molar-refractivity contribution in [2.45, 2.75) is 6.54 Å². The molecular weight excluding hydrogens is 236 g/mol. The van der Waals surface area contributed by atoms with Crippen LogP contribution in [0, 0.1) is 0 Å². The van der Waals surface area contributed by atoms with Crippen molar-refractivity contribution in [1.82, 2.24) is 15.3 Å². The quantitative estimate of drug-likeness (QED) is 0.800. The zero-order valence-electron chi connectivity index (χ0n) is 9.98. The average Bonchev–Trinajstić information content (AvgIpc) is 2.77. The van der Waals surface area contributed by atoms with Crippen LogP contribution in [-0.4, -0.2) is 49.0 Å². The first-order valence-electron chi connectivity index (χ1n) is 5.69. The van der Waals surface area contributed by atoms with Gasteiger partial charge in [0.15, 0.2) is 0 Å². The van der Waals surface area contributed by atoms with E-state index in [1.54, 1.807) is 11.3 Å². The second kappa shape index (κ2) is 5.59. The van der Waals surface area contributed by atoms with Gasteiger partial charge in [-0.3, -0.25) is 4.79 Å². The lowest BCUT2D eigenvalue weighted by molar-refractivity contribution is 0.0999. The van der Waals surface area contributed by atoms with Crippen LogP contribution in [0.25, 0.3) is 0 Å². The molecule has 1 saturated heterocycles. The zero-order valence-corrected chi connectivity index (χ0v) is 10.8. The van der Waals surface area contributed by atoms with Gasteiger partial charge < -0.3 is 10.6 Å². The smallest absolute Gasteiger partial charge is 0.249 e. The van der Waals surface area contributed by atoms with Crippen molar-refractivity contribution < 1.29 is 4.79 Å². The summed E-state index contributed by atoms with van der Waals surface area (Å²) in [7, 11) is 2.13. The molecule has 0 spiro atoms. The molecule has 2 heterocycles. The number of amides is 1. The van der Waals surface area contributed by atoms with E-state index in [2.05, 4.69) is 22.4 Å². The summed E-state index contributed by atoms with van der Waals surface area (Å²) in [5.74, 6) is -0.355. The molecule has 3 N–H and O–H groups in total. The fourth-order valence-corrected chi connectivity index (χ4v) is 2.56. The van der Waals surface area contributed by atoms with Crippen LogP contribution in [0.1, 0.15) is 15.2 Å². The molecule has 1 fully saturated rings. The monoisotopic (exact) mass is 254 g/mol. The highest BCUT2D eigenvalue weighted by molar-refractivity contribution is 7.10. The van der Waals surface area contributed by atoms with Crippen molar-refractivity contribution in [1.29, 1.82) is 0 Å². The van der Waals surface area contributed by atoms with Gasteiger partial charge in [-0.05, 0) is 13.1 Å². The Morgan fingerprint density at radius 2 is 2.18 bits per heavy atom. The molecule has 0 radical (unpaired) electrons. The number of nitrogens with zero attached hydrogens (tertiary/aromatic N) is 2. The van der Waals surface area contributed by atoms with Crippen LogP contribution in [0.2, 0.25) is 0 Å². The summed E-state index contributed by atoms with van der Waals surface area (Å²) in [5, 5.41) is 4.03. The number of rotatable bonds is 4. The molecule has 2 rings (SSSR count). The number of carbonyl (C=O) groups excluding carboxylic acids is 1. The fraction of sp³-hybridized carbons (Fsp3) is 0.545. The molecular formula is C11H18N4OS. The lowest BCUT2D eigenvalue weighted by atomic mass is 10.3. The predicted molar refractivity (Wildman–Crippen MR) is 68.7 cm³/mol. The van der Waals surface area contributed by atoms with Crippen LogP contribution in [0.4, 0.5) is 0 Å². The van der Waals surface area contributed by atoms with E-state index in [-0.39, 0.29) is 5.91 Å². The SMILES string of the molecule is CN1CCN(NCc2cc(C(N)=O)cs2)CC1. The topological polar surface area (TPSA) is 61.6 Å².